The maximum Gasteiger partial charge on any atom is 0.173 e. The van der Waals surface area contributed by atoms with Gasteiger partial charge in [-0.2, -0.15) is 0 Å². The Morgan fingerprint density at radius 3 is 2.28 bits per heavy atom. The second-order valence-electron chi connectivity index (χ2n) is 7.58. The number of para-hydroxylation sites is 2. The molecule has 0 saturated carbocycles. The van der Waals surface area contributed by atoms with Gasteiger partial charge < -0.3 is 9.64 Å². The summed E-state index contributed by atoms with van der Waals surface area (Å²) in [5.74, 6) is 1.72. The van der Waals surface area contributed by atoms with Crippen molar-refractivity contribution < 1.29 is 4.74 Å². The van der Waals surface area contributed by atoms with Crippen LogP contribution in [0.15, 0.2) is 54.6 Å². The molecular weight excluding hydrogens is 364 g/mol. The Kier molecular flexibility index (Phi) is 5.76. The van der Waals surface area contributed by atoms with Gasteiger partial charge in [0.25, 0.3) is 0 Å². The number of nitrogens with zero attached hydrogens (tertiary/aromatic N) is 6. The third-order valence-electron chi connectivity index (χ3n) is 5.49. The van der Waals surface area contributed by atoms with E-state index in [-0.39, 0.29) is 12.1 Å². The third kappa shape index (κ3) is 3.96. The Balaban J connectivity index is 1.66. The number of hydrogen-bond acceptors (Lipinski definition) is 6. The molecule has 2 aromatic carbocycles. The van der Waals surface area contributed by atoms with E-state index in [2.05, 4.69) is 81.6 Å². The molecule has 1 saturated heterocycles. The molecule has 7 nitrogen and oxygen atoms in total. The molecule has 0 aliphatic carbocycles. The molecule has 0 amide bonds. The van der Waals surface area contributed by atoms with Crippen molar-refractivity contribution >= 4 is 5.69 Å². The number of aromatic nitrogens is 4. The highest BCUT2D eigenvalue weighted by molar-refractivity contribution is 5.46. The zero-order valence-electron chi connectivity index (χ0n) is 17.3. The average molecular weight is 393 g/mol. The number of ether oxygens (including phenoxy) is 1. The normalized spacial score (nSPS) is 16.2. The van der Waals surface area contributed by atoms with Crippen LogP contribution in [0.1, 0.15) is 37.3 Å². The highest BCUT2D eigenvalue weighted by atomic mass is 16.5. The van der Waals surface area contributed by atoms with E-state index in [0.717, 1.165) is 43.3 Å². The second kappa shape index (κ2) is 8.61. The Bertz CT molecular complexity index is 918. The maximum absolute atomic E-state index is 5.69. The van der Waals surface area contributed by atoms with E-state index in [4.69, 9.17) is 4.74 Å². The minimum atomic E-state index is -0.0542. The summed E-state index contributed by atoms with van der Waals surface area (Å²) in [4.78, 5) is 4.89. The van der Waals surface area contributed by atoms with Crippen LogP contribution < -0.4 is 9.64 Å². The van der Waals surface area contributed by atoms with E-state index >= 15 is 0 Å². The predicted octanol–water partition coefficient (Wildman–Crippen LogP) is 3.17. The lowest BCUT2D eigenvalue weighted by molar-refractivity contribution is 0.195. The first kappa shape index (κ1) is 19.4. The fourth-order valence-corrected chi connectivity index (χ4v) is 4.02. The van der Waals surface area contributed by atoms with Crippen molar-refractivity contribution in [3.63, 3.8) is 0 Å². The van der Waals surface area contributed by atoms with E-state index in [1.54, 1.807) is 7.11 Å². The number of benzene rings is 2. The minimum Gasteiger partial charge on any atom is -0.496 e. The molecule has 1 aromatic heterocycles. The van der Waals surface area contributed by atoms with Crippen molar-refractivity contribution in [3.8, 4) is 5.75 Å². The predicted molar refractivity (Wildman–Crippen MR) is 113 cm³/mol. The van der Waals surface area contributed by atoms with E-state index in [1.807, 2.05) is 16.8 Å². The van der Waals surface area contributed by atoms with Gasteiger partial charge in [0.15, 0.2) is 5.82 Å². The van der Waals surface area contributed by atoms with E-state index in [0.29, 0.717) is 0 Å². The smallest absolute Gasteiger partial charge is 0.173 e. The van der Waals surface area contributed by atoms with Crippen molar-refractivity contribution in [1.29, 1.82) is 0 Å². The van der Waals surface area contributed by atoms with Crippen molar-refractivity contribution in [2.24, 2.45) is 0 Å². The Morgan fingerprint density at radius 2 is 1.59 bits per heavy atom. The lowest BCUT2D eigenvalue weighted by Gasteiger charge is -2.40. The second-order valence-corrected chi connectivity index (χ2v) is 7.58. The summed E-state index contributed by atoms with van der Waals surface area (Å²) in [6.45, 7) is 7.96. The van der Waals surface area contributed by atoms with Crippen LogP contribution >= 0.6 is 0 Å². The molecule has 0 N–H and O–H groups in total. The highest BCUT2D eigenvalue weighted by Crippen LogP contribution is 2.35. The van der Waals surface area contributed by atoms with E-state index in [9.17, 15) is 0 Å². The van der Waals surface area contributed by atoms with Crippen LogP contribution in [-0.2, 0) is 0 Å². The summed E-state index contributed by atoms with van der Waals surface area (Å²) in [5.41, 5.74) is 2.37. The van der Waals surface area contributed by atoms with Crippen molar-refractivity contribution in [3.05, 3.63) is 66.0 Å². The van der Waals surface area contributed by atoms with Crippen molar-refractivity contribution in [2.45, 2.75) is 25.9 Å². The van der Waals surface area contributed by atoms with Crippen LogP contribution in [0.5, 0.6) is 5.75 Å². The number of anilines is 1. The van der Waals surface area contributed by atoms with E-state index in [1.165, 1.54) is 5.69 Å². The molecule has 1 atom stereocenters. The number of hydrogen-bond donors (Lipinski definition) is 0. The molecule has 1 aliphatic heterocycles. The summed E-state index contributed by atoms with van der Waals surface area (Å²) in [6, 6.07) is 18.9. The zero-order chi connectivity index (χ0) is 20.2. The van der Waals surface area contributed by atoms with Crippen LogP contribution in [0.3, 0.4) is 0 Å². The average Bonchev–Trinajstić information content (AvgIpc) is 3.25. The molecule has 152 valence electrons. The molecule has 1 fully saturated rings. The van der Waals surface area contributed by atoms with Gasteiger partial charge in [0.05, 0.1) is 13.2 Å². The van der Waals surface area contributed by atoms with Crippen LogP contribution in [0.25, 0.3) is 0 Å². The summed E-state index contributed by atoms with van der Waals surface area (Å²) >= 11 is 0. The molecule has 7 heteroatoms. The third-order valence-corrected chi connectivity index (χ3v) is 5.49. The molecule has 3 aromatic rings. The molecule has 0 bridgehead atoms. The lowest BCUT2D eigenvalue weighted by Crippen LogP contribution is -2.48. The minimum absolute atomic E-state index is 0.0542. The quantitative estimate of drug-likeness (QED) is 0.642. The summed E-state index contributed by atoms with van der Waals surface area (Å²) in [7, 11) is 1.72. The molecule has 4 rings (SSSR count). The Labute approximate surface area is 171 Å². The lowest BCUT2D eigenvalue weighted by atomic mass is 10.0. The molecule has 0 radical (unpaired) electrons. The summed E-state index contributed by atoms with van der Waals surface area (Å²) < 4.78 is 7.61. The van der Waals surface area contributed by atoms with Crippen molar-refractivity contribution in [2.75, 3.05) is 38.2 Å². The van der Waals surface area contributed by atoms with Crippen LogP contribution in [0, 0.1) is 0 Å². The summed E-state index contributed by atoms with van der Waals surface area (Å²) in [5, 5.41) is 12.7. The Morgan fingerprint density at radius 1 is 0.897 bits per heavy atom. The largest absolute Gasteiger partial charge is 0.496 e. The number of methoxy groups -OCH3 is 1. The topological polar surface area (TPSA) is 59.3 Å². The number of piperazine rings is 1. The van der Waals surface area contributed by atoms with Gasteiger partial charge in [-0.25, -0.2) is 4.68 Å². The first-order valence-corrected chi connectivity index (χ1v) is 10.1. The van der Waals surface area contributed by atoms with Crippen LogP contribution in [0.2, 0.25) is 0 Å². The van der Waals surface area contributed by atoms with E-state index < -0.39 is 0 Å². The van der Waals surface area contributed by atoms with Crippen LogP contribution in [0.4, 0.5) is 5.69 Å². The van der Waals surface area contributed by atoms with Gasteiger partial charge in [-0.1, -0.05) is 36.4 Å². The monoisotopic (exact) mass is 392 g/mol. The van der Waals surface area contributed by atoms with Gasteiger partial charge in [0.2, 0.25) is 0 Å². The summed E-state index contributed by atoms with van der Waals surface area (Å²) in [6.07, 6.45) is 0. The highest BCUT2D eigenvalue weighted by Gasteiger charge is 2.32. The standard InChI is InChI=1S/C22H28N6O/c1-17(2)28-22(23-24-25-28)21(19-11-7-8-12-20(19)29-3)27-15-13-26(14-16-27)18-9-5-4-6-10-18/h4-12,17,21H,13-16H2,1-3H3/t21-/m1/s1. The van der Waals surface area contributed by atoms with Gasteiger partial charge in [-0.15, -0.1) is 5.10 Å². The molecule has 29 heavy (non-hydrogen) atoms. The molecule has 2 heterocycles. The van der Waals surface area contributed by atoms with Gasteiger partial charge >= 0.3 is 0 Å². The number of rotatable bonds is 6. The Hall–Kier alpha value is -2.93. The molecule has 0 unspecified atom stereocenters. The fourth-order valence-electron chi connectivity index (χ4n) is 4.02. The number of tetrazole rings is 1. The fraction of sp³-hybridized carbons (Fsp3) is 0.409. The SMILES string of the molecule is COc1ccccc1[C@H](c1nnnn1C(C)C)N1CCN(c2ccccc2)CC1. The molecule has 0 spiro atoms. The first-order valence-electron chi connectivity index (χ1n) is 10.1. The van der Waals surface area contributed by atoms with Gasteiger partial charge in [0.1, 0.15) is 11.8 Å². The van der Waals surface area contributed by atoms with Gasteiger partial charge in [-0.05, 0) is 42.5 Å². The first-order chi connectivity index (χ1) is 14.2. The zero-order valence-corrected chi connectivity index (χ0v) is 17.3. The molecule has 1 aliphatic rings. The molecular formula is C22H28N6O. The van der Waals surface area contributed by atoms with Gasteiger partial charge in [-0.3, -0.25) is 4.90 Å². The van der Waals surface area contributed by atoms with Crippen molar-refractivity contribution in [1.82, 2.24) is 25.1 Å². The van der Waals surface area contributed by atoms with Gasteiger partial charge in [0, 0.05) is 37.4 Å². The maximum atomic E-state index is 5.69. The van der Waals surface area contributed by atoms with Crippen LogP contribution in [-0.4, -0.2) is 58.4 Å².